The van der Waals surface area contributed by atoms with E-state index in [9.17, 15) is 4.79 Å². The van der Waals surface area contributed by atoms with Crippen molar-refractivity contribution < 1.29 is 4.79 Å². The Balaban J connectivity index is 1.49. The molecule has 1 aromatic heterocycles. The first-order valence-electron chi connectivity index (χ1n) is 12.8. The topological polar surface area (TPSA) is 30.0 Å². The fourth-order valence-corrected chi connectivity index (χ4v) is 5.06. The average Bonchev–Trinajstić information content (AvgIpc) is 2.82. The Labute approximate surface area is 189 Å². The summed E-state index contributed by atoms with van der Waals surface area (Å²) in [6.07, 6.45) is 17.8. The van der Waals surface area contributed by atoms with E-state index < -0.39 is 0 Å². The molecule has 0 atom stereocenters. The molecule has 0 radical (unpaired) electrons. The first-order chi connectivity index (χ1) is 15.2. The molecule has 0 unspecified atom stereocenters. The molecule has 1 fully saturated rings. The zero-order valence-corrected chi connectivity index (χ0v) is 19.7. The maximum atomic E-state index is 12.4. The third kappa shape index (κ3) is 7.30. The average molecular weight is 420 g/mol. The number of Topliss-reactive ketones (excluding diaryl/α,β-unsaturated/α-hetero) is 1. The summed E-state index contributed by atoms with van der Waals surface area (Å²) in [5.74, 6) is 1.90. The van der Waals surface area contributed by atoms with E-state index in [0.717, 1.165) is 41.5 Å². The van der Waals surface area contributed by atoms with Crippen molar-refractivity contribution in [3.8, 4) is 11.3 Å². The molecule has 0 saturated heterocycles. The van der Waals surface area contributed by atoms with Crippen LogP contribution in [0.25, 0.3) is 11.3 Å². The summed E-state index contributed by atoms with van der Waals surface area (Å²) in [7, 11) is 0. The molecule has 1 saturated carbocycles. The van der Waals surface area contributed by atoms with Crippen LogP contribution < -0.4 is 0 Å². The minimum atomic E-state index is 0.226. The normalized spacial score (nSPS) is 18.8. The minimum absolute atomic E-state index is 0.226. The maximum absolute atomic E-state index is 12.4. The van der Waals surface area contributed by atoms with Gasteiger partial charge < -0.3 is 0 Å². The molecule has 2 heteroatoms. The van der Waals surface area contributed by atoms with Gasteiger partial charge in [-0.15, -0.1) is 0 Å². The van der Waals surface area contributed by atoms with Gasteiger partial charge in [0.15, 0.2) is 5.78 Å². The molecule has 0 aliphatic heterocycles. The Hall–Kier alpha value is -1.96. The summed E-state index contributed by atoms with van der Waals surface area (Å²) in [6.45, 7) is 4.53. The number of carbonyl (C=O) groups is 1. The van der Waals surface area contributed by atoms with Crippen LogP contribution in [0.4, 0.5) is 0 Å². The van der Waals surface area contributed by atoms with E-state index in [1.165, 1.54) is 69.8 Å². The summed E-state index contributed by atoms with van der Waals surface area (Å²) >= 11 is 0. The van der Waals surface area contributed by atoms with Gasteiger partial charge in [-0.3, -0.25) is 9.78 Å². The Morgan fingerprint density at radius 3 is 2.19 bits per heavy atom. The van der Waals surface area contributed by atoms with Gasteiger partial charge >= 0.3 is 0 Å². The number of hydrogen-bond donors (Lipinski definition) is 0. The van der Waals surface area contributed by atoms with Crippen molar-refractivity contribution in [2.45, 2.75) is 103 Å². The third-order valence-electron chi connectivity index (χ3n) is 7.06. The summed E-state index contributed by atoms with van der Waals surface area (Å²) in [5, 5.41) is 0. The van der Waals surface area contributed by atoms with E-state index >= 15 is 0 Å². The first-order valence-corrected chi connectivity index (χ1v) is 12.8. The number of rotatable bonds is 12. The van der Waals surface area contributed by atoms with E-state index in [1.54, 1.807) is 6.20 Å². The number of unbranched alkanes of at least 4 members (excludes halogenated alkanes) is 5. The molecule has 1 heterocycles. The first kappa shape index (κ1) is 23.7. The van der Waals surface area contributed by atoms with Crippen LogP contribution >= 0.6 is 0 Å². The van der Waals surface area contributed by atoms with Gasteiger partial charge in [-0.1, -0.05) is 83.1 Å². The number of nitrogens with zero attached hydrogens (tertiary/aromatic N) is 1. The van der Waals surface area contributed by atoms with E-state index in [-0.39, 0.29) is 5.78 Å². The summed E-state index contributed by atoms with van der Waals surface area (Å²) in [4.78, 5) is 17.0. The number of carbonyl (C=O) groups excluding carboxylic acids is 1. The van der Waals surface area contributed by atoms with Crippen molar-refractivity contribution >= 4 is 5.78 Å². The molecule has 1 aliphatic carbocycles. The van der Waals surface area contributed by atoms with E-state index in [4.69, 9.17) is 0 Å². The Morgan fingerprint density at radius 1 is 0.839 bits per heavy atom. The van der Waals surface area contributed by atoms with E-state index in [1.807, 2.05) is 12.1 Å². The van der Waals surface area contributed by atoms with Crippen LogP contribution in [0.3, 0.4) is 0 Å². The second-order valence-corrected chi connectivity index (χ2v) is 9.50. The van der Waals surface area contributed by atoms with Crippen molar-refractivity contribution in [3.63, 3.8) is 0 Å². The number of aromatic nitrogens is 1. The third-order valence-corrected chi connectivity index (χ3v) is 7.06. The largest absolute Gasteiger partial charge is 0.294 e. The minimum Gasteiger partial charge on any atom is -0.294 e. The molecular weight excluding hydrogens is 378 g/mol. The van der Waals surface area contributed by atoms with Gasteiger partial charge in [0.25, 0.3) is 0 Å². The van der Waals surface area contributed by atoms with Crippen LogP contribution in [0, 0.1) is 5.92 Å². The molecule has 31 heavy (non-hydrogen) atoms. The van der Waals surface area contributed by atoms with E-state index in [2.05, 4.69) is 43.1 Å². The van der Waals surface area contributed by atoms with E-state index in [0.29, 0.717) is 6.42 Å². The van der Waals surface area contributed by atoms with Crippen molar-refractivity contribution in [2.75, 3.05) is 0 Å². The molecule has 1 aromatic carbocycles. The lowest BCUT2D eigenvalue weighted by atomic mass is 9.77. The summed E-state index contributed by atoms with van der Waals surface area (Å²) < 4.78 is 0. The molecule has 0 amide bonds. The molecule has 0 spiro atoms. The molecule has 1 aliphatic rings. The quantitative estimate of drug-likeness (QED) is 0.254. The van der Waals surface area contributed by atoms with Crippen molar-refractivity contribution in [1.82, 2.24) is 4.98 Å². The van der Waals surface area contributed by atoms with Crippen LogP contribution in [0.2, 0.25) is 0 Å². The standard InChI is InChI=1S/C29H41NO/c1-3-5-6-7-8-9-11-29(31)27-20-21-28(30-22-27)26-18-16-25(17-19-26)24-14-12-23(10-4-2)13-15-24/h16-24H,3-15H2,1-2H3. The molecule has 168 valence electrons. The van der Waals surface area contributed by atoms with Crippen LogP contribution in [0.5, 0.6) is 0 Å². The van der Waals surface area contributed by atoms with Gasteiger partial charge in [0.2, 0.25) is 0 Å². The lowest BCUT2D eigenvalue weighted by molar-refractivity contribution is 0.0978. The second kappa shape index (κ2) is 12.8. The van der Waals surface area contributed by atoms with Gasteiger partial charge in [0.05, 0.1) is 5.69 Å². The van der Waals surface area contributed by atoms with Crippen molar-refractivity contribution in [1.29, 1.82) is 0 Å². The molecule has 0 N–H and O–H groups in total. The highest BCUT2D eigenvalue weighted by molar-refractivity contribution is 5.95. The van der Waals surface area contributed by atoms with Crippen LogP contribution in [-0.4, -0.2) is 10.8 Å². The van der Waals surface area contributed by atoms with Crippen LogP contribution in [0.1, 0.15) is 119 Å². The Morgan fingerprint density at radius 2 is 1.55 bits per heavy atom. The number of hydrogen-bond acceptors (Lipinski definition) is 2. The van der Waals surface area contributed by atoms with Crippen LogP contribution in [-0.2, 0) is 0 Å². The van der Waals surface area contributed by atoms with Crippen molar-refractivity contribution in [3.05, 3.63) is 53.7 Å². The highest BCUT2D eigenvalue weighted by atomic mass is 16.1. The number of ketones is 1. The molecular formula is C29H41NO. The lowest BCUT2D eigenvalue weighted by Gasteiger charge is -2.28. The second-order valence-electron chi connectivity index (χ2n) is 9.50. The summed E-state index contributed by atoms with van der Waals surface area (Å²) in [5.41, 5.74) is 4.31. The Bertz CT molecular complexity index is 769. The highest BCUT2D eigenvalue weighted by Gasteiger charge is 2.21. The van der Waals surface area contributed by atoms with Crippen molar-refractivity contribution in [2.24, 2.45) is 5.92 Å². The zero-order valence-electron chi connectivity index (χ0n) is 19.7. The molecule has 3 rings (SSSR count). The number of benzene rings is 1. The van der Waals surface area contributed by atoms with Gasteiger partial charge in [-0.25, -0.2) is 0 Å². The fraction of sp³-hybridized carbons (Fsp3) is 0.586. The molecule has 2 nitrogen and oxygen atoms in total. The van der Waals surface area contributed by atoms with Gasteiger partial charge in [0.1, 0.15) is 0 Å². The predicted octanol–water partition coefficient (Wildman–Crippen LogP) is 8.76. The molecule has 0 bridgehead atoms. The fourth-order valence-electron chi connectivity index (χ4n) is 5.06. The Kier molecular flexibility index (Phi) is 9.78. The smallest absolute Gasteiger partial charge is 0.164 e. The lowest BCUT2D eigenvalue weighted by Crippen LogP contribution is -2.13. The monoisotopic (exact) mass is 419 g/mol. The predicted molar refractivity (Wildman–Crippen MR) is 132 cm³/mol. The number of pyridine rings is 1. The van der Waals surface area contributed by atoms with Gasteiger partial charge in [-0.05, 0) is 61.6 Å². The summed E-state index contributed by atoms with van der Waals surface area (Å²) in [6, 6.07) is 12.9. The highest BCUT2D eigenvalue weighted by Crippen LogP contribution is 2.37. The molecule has 2 aromatic rings. The maximum Gasteiger partial charge on any atom is 0.164 e. The SMILES string of the molecule is CCCCCCCCC(=O)c1ccc(-c2ccc(C3CCC(CCC)CC3)cc2)nc1. The van der Waals surface area contributed by atoms with Gasteiger partial charge in [-0.2, -0.15) is 0 Å². The van der Waals surface area contributed by atoms with Gasteiger partial charge in [0, 0.05) is 23.7 Å². The zero-order chi connectivity index (χ0) is 21.9. The van der Waals surface area contributed by atoms with Crippen LogP contribution in [0.15, 0.2) is 42.6 Å².